The molecule has 2 heterocycles. The third-order valence-corrected chi connectivity index (χ3v) is 5.60. The number of hydrogen-bond acceptors (Lipinski definition) is 6. The van der Waals surface area contributed by atoms with Crippen LogP contribution in [-0.4, -0.2) is 24.9 Å². The van der Waals surface area contributed by atoms with Gasteiger partial charge in [0.2, 0.25) is 11.7 Å². The maximum Gasteiger partial charge on any atom is 0.237 e. The van der Waals surface area contributed by atoms with E-state index >= 15 is 0 Å². The Labute approximate surface area is 172 Å². The Bertz CT molecular complexity index is 1120. The zero-order valence-electron chi connectivity index (χ0n) is 15.7. The van der Waals surface area contributed by atoms with E-state index in [0.29, 0.717) is 22.5 Å². The molecule has 6 nitrogen and oxygen atoms in total. The van der Waals surface area contributed by atoms with Gasteiger partial charge in [0.25, 0.3) is 0 Å². The summed E-state index contributed by atoms with van der Waals surface area (Å²) in [5, 5.41) is 14.0. The van der Waals surface area contributed by atoms with Crippen LogP contribution in [0.5, 0.6) is 0 Å². The lowest BCUT2D eigenvalue weighted by Gasteiger charge is -2.10. The predicted molar refractivity (Wildman–Crippen MR) is 110 cm³/mol. The van der Waals surface area contributed by atoms with E-state index < -0.39 is 0 Å². The zero-order valence-corrected chi connectivity index (χ0v) is 17.3. The van der Waals surface area contributed by atoms with Gasteiger partial charge < -0.3 is 4.52 Å². The van der Waals surface area contributed by atoms with Crippen molar-refractivity contribution in [2.24, 2.45) is 0 Å². The van der Waals surface area contributed by atoms with Crippen LogP contribution in [0.4, 0.5) is 0 Å². The monoisotopic (exact) mass is 411 g/mol. The van der Waals surface area contributed by atoms with E-state index in [9.17, 15) is 0 Å². The highest BCUT2D eigenvalue weighted by Crippen LogP contribution is 2.26. The largest absolute Gasteiger partial charge is 0.338 e. The minimum Gasteiger partial charge on any atom is -0.338 e. The maximum absolute atomic E-state index is 5.92. The summed E-state index contributed by atoms with van der Waals surface area (Å²) in [6.07, 6.45) is 0. The molecule has 4 rings (SSSR count). The van der Waals surface area contributed by atoms with Gasteiger partial charge in [0.05, 0.1) is 5.75 Å². The first-order valence-electron chi connectivity index (χ1n) is 8.72. The normalized spacial score (nSPS) is 11.1. The molecule has 0 unspecified atom stereocenters. The van der Waals surface area contributed by atoms with E-state index in [0.717, 1.165) is 22.2 Å². The Hall–Kier alpha value is -2.64. The Morgan fingerprint density at radius 2 is 1.79 bits per heavy atom. The molecule has 2 aromatic carbocycles. The molecule has 0 amide bonds. The van der Waals surface area contributed by atoms with Gasteiger partial charge in [-0.25, -0.2) is 0 Å². The summed E-state index contributed by atoms with van der Waals surface area (Å²) < 4.78 is 7.42. The first-order valence-corrected chi connectivity index (χ1v) is 10.1. The molecule has 0 radical (unpaired) electrons. The molecule has 0 saturated heterocycles. The topological polar surface area (TPSA) is 69.6 Å². The van der Waals surface area contributed by atoms with Crippen molar-refractivity contribution in [1.82, 2.24) is 24.9 Å². The van der Waals surface area contributed by atoms with Gasteiger partial charge in [-0.05, 0) is 68.3 Å². The number of rotatable bonds is 5. The first-order chi connectivity index (χ1) is 13.5. The third-order valence-electron chi connectivity index (χ3n) is 4.44. The summed E-state index contributed by atoms with van der Waals surface area (Å²) in [6.45, 7) is 6.14. The van der Waals surface area contributed by atoms with Crippen molar-refractivity contribution in [3.05, 3.63) is 70.3 Å². The van der Waals surface area contributed by atoms with Gasteiger partial charge in [-0.3, -0.25) is 4.57 Å². The van der Waals surface area contributed by atoms with Gasteiger partial charge in [0.1, 0.15) is 5.82 Å². The molecule has 0 aliphatic carbocycles. The van der Waals surface area contributed by atoms with E-state index in [1.54, 1.807) is 12.1 Å². The lowest BCUT2D eigenvalue weighted by atomic mass is 10.1. The van der Waals surface area contributed by atoms with Crippen LogP contribution in [0.25, 0.3) is 17.1 Å². The molecular formula is C20H18ClN5OS. The fourth-order valence-electron chi connectivity index (χ4n) is 2.75. The summed E-state index contributed by atoms with van der Waals surface area (Å²) in [5.74, 6) is 2.41. The van der Waals surface area contributed by atoms with Crippen LogP contribution in [-0.2, 0) is 5.75 Å². The van der Waals surface area contributed by atoms with Crippen LogP contribution in [0.15, 0.2) is 52.1 Å². The van der Waals surface area contributed by atoms with Crippen LogP contribution in [0, 0.1) is 20.8 Å². The molecule has 0 N–H and O–H groups in total. The van der Waals surface area contributed by atoms with Crippen LogP contribution >= 0.6 is 23.4 Å². The van der Waals surface area contributed by atoms with E-state index in [-0.39, 0.29) is 0 Å². The molecule has 0 saturated carbocycles. The lowest BCUT2D eigenvalue weighted by Crippen LogP contribution is -2.00. The Morgan fingerprint density at radius 3 is 2.54 bits per heavy atom. The number of halogens is 1. The predicted octanol–water partition coefficient (Wildman–Crippen LogP) is 5.19. The quantitative estimate of drug-likeness (QED) is 0.421. The Balaban J connectivity index is 1.53. The number of nitrogens with zero attached hydrogens (tertiary/aromatic N) is 5. The molecule has 8 heteroatoms. The van der Waals surface area contributed by atoms with Crippen molar-refractivity contribution >= 4 is 23.4 Å². The number of benzene rings is 2. The smallest absolute Gasteiger partial charge is 0.237 e. The average Bonchev–Trinajstić information content (AvgIpc) is 3.30. The third kappa shape index (κ3) is 3.81. The van der Waals surface area contributed by atoms with Crippen molar-refractivity contribution in [3.8, 4) is 17.1 Å². The SMILES string of the molecule is Cc1ccc(-n2c(C)nnc2SCc2nc(-c3ccc(Cl)cc3)no2)cc1C. The molecule has 0 spiro atoms. The van der Waals surface area contributed by atoms with Crippen LogP contribution in [0.3, 0.4) is 0 Å². The fraction of sp³-hybridized carbons (Fsp3) is 0.200. The van der Waals surface area contributed by atoms with Gasteiger partial charge in [0.15, 0.2) is 5.16 Å². The number of hydrogen-bond donors (Lipinski definition) is 0. The minimum absolute atomic E-state index is 0.504. The molecule has 0 aliphatic heterocycles. The number of aromatic nitrogens is 5. The van der Waals surface area contributed by atoms with E-state index in [4.69, 9.17) is 16.1 Å². The first kappa shape index (κ1) is 18.7. The van der Waals surface area contributed by atoms with Gasteiger partial charge in [0, 0.05) is 16.3 Å². The van der Waals surface area contributed by atoms with Crippen LogP contribution < -0.4 is 0 Å². The second-order valence-corrected chi connectivity index (χ2v) is 7.82. The van der Waals surface area contributed by atoms with E-state index in [1.165, 1.54) is 22.9 Å². The van der Waals surface area contributed by atoms with Crippen LogP contribution in [0.1, 0.15) is 22.8 Å². The summed E-state index contributed by atoms with van der Waals surface area (Å²) >= 11 is 7.43. The van der Waals surface area contributed by atoms with Gasteiger partial charge in [-0.15, -0.1) is 10.2 Å². The summed E-state index contributed by atoms with van der Waals surface area (Å²) in [4.78, 5) is 4.46. The number of thioether (sulfide) groups is 1. The molecule has 0 atom stereocenters. The van der Waals surface area contributed by atoms with Crippen molar-refractivity contribution in [2.75, 3.05) is 0 Å². The molecule has 4 aromatic rings. The lowest BCUT2D eigenvalue weighted by molar-refractivity contribution is 0.391. The number of aryl methyl sites for hydroxylation is 3. The van der Waals surface area contributed by atoms with Gasteiger partial charge in [-0.2, -0.15) is 4.98 Å². The molecule has 0 aliphatic rings. The van der Waals surface area contributed by atoms with E-state index in [2.05, 4.69) is 52.4 Å². The van der Waals surface area contributed by atoms with Crippen LogP contribution in [0.2, 0.25) is 5.02 Å². The van der Waals surface area contributed by atoms with Crippen molar-refractivity contribution in [3.63, 3.8) is 0 Å². The Morgan fingerprint density at radius 1 is 1.00 bits per heavy atom. The summed E-state index contributed by atoms with van der Waals surface area (Å²) in [5.41, 5.74) is 4.38. The summed E-state index contributed by atoms with van der Waals surface area (Å²) in [6, 6.07) is 13.7. The van der Waals surface area contributed by atoms with Gasteiger partial charge >= 0.3 is 0 Å². The second-order valence-electron chi connectivity index (χ2n) is 6.44. The molecule has 2 aromatic heterocycles. The highest BCUT2D eigenvalue weighted by Gasteiger charge is 2.15. The highest BCUT2D eigenvalue weighted by molar-refractivity contribution is 7.98. The molecule has 0 bridgehead atoms. The molecule has 28 heavy (non-hydrogen) atoms. The van der Waals surface area contributed by atoms with Gasteiger partial charge in [-0.1, -0.05) is 34.6 Å². The highest BCUT2D eigenvalue weighted by atomic mass is 35.5. The Kier molecular flexibility index (Phi) is 5.19. The zero-order chi connectivity index (χ0) is 19.7. The standard InChI is InChI=1S/C20H18ClN5OS/c1-12-4-9-17(10-13(12)2)26-14(3)23-24-20(26)28-11-18-22-19(25-27-18)15-5-7-16(21)8-6-15/h4-10H,11H2,1-3H3. The summed E-state index contributed by atoms with van der Waals surface area (Å²) in [7, 11) is 0. The van der Waals surface area contributed by atoms with E-state index in [1.807, 2.05) is 23.6 Å². The minimum atomic E-state index is 0.504. The molecule has 142 valence electrons. The average molecular weight is 412 g/mol. The second kappa shape index (κ2) is 7.77. The maximum atomic E-state index is 5.92. The van der Waals surface area contributed by atoms with Crippen molar-refractivity contribution < 1.29 is 4.52 Å². The molecular weight excluding hydrogens is 394 g/mol. The van der Waals surface area contributed by atoms with Crippen molar-refractivity contribution in [2.45, 2.75) is 31.7 Å². The fourth-order valence-corrected chi connectivity index (χ4v) is 3.72. The van der Waals surface area contributed by atoms with Crippen molar-refractivity contribution in [1.29, 1.82) is 0 Å². The molecule has 0 fully saturated rings.